The molecule has 1 atom stereocenters. The lowest BCUT2D eigenvalue weighted by molar-refractivity contribution is 0.388. The van der Waals surface area contributed by atoms with Crippen molar-refractivity contribution in [2.24, 2.45) is 0 Å². The fourth-order valence-corrected chi connectivity index (χ4v) is 4.53. The minimum atomic E-state index is -3.18. The normalized spacial score (nSPS) is 20.4. The first-order valence-electron chi connectivity index (χ1n) is 7.05. The van der Waals surface area contributed by atoms with Gasteiger partial charge in [0.15, 0.2) is 0 Å². The third-order valence-electron chi connectivity index (χ3n) is 3.82. The third kappa shape index (κ3) is 4.25. The molecule has 20 heavy (non-hydrogen) atoms. The molecule has 5 nitrogen and oxygen atoms in total. The molecule has 2 rings (SSSR count). The lowest BCUT2D eigenvalue weighted by atomic mass is 10.0. The second-order valence-electron chi connectivity index (χ2n) is 5.37. The van der Waals surface area contributed by atoms with Crippen LogP contribution in [-0.2, 0) is 16.6 Å². The van der Waals surface area contributed by atoms with Gasteiger partial charge in [-0.15, -0.1) is 11.3 Å². The number of piperidine rings is 1. The molecule has 1 saturated heterocycles. The number of nitrogens with one attached hydrogen (secondary N) is 1. The molecule has 1 aliphatic heterocycles. The molecular weight excluding hydrogens is 294 g/mol. The van der Waals surface area contributed by atoms with Gasteiger partial charge in [0.1, 0.15) is 0 Å². The lowest BCUT2D eigenvalue weighted by Gasteiger charge is -2.24. The van der Waals surface area contributed by atoms with Crippen molar-refractivity contribution >= 4 is 21.4 Å². The van der Waals surface area contributed by atoms with Gasteiger partial charge in [-0.25, -0.2) is 13.4 Å². The second kappa shape index (κ2) is 6.98. The van der Waals surface area contributed by atoms with E-state index in [2.05, 4.69) is 10.3 Å². The predicted octanol–water partition coefficient (Wildman–Crippen LogP) is 1.75. The molecule has 114 valence electrons. The van der Waals surface area contributed by atoms with Crippen LogP contribution >= 0.6 is 11.3 Å². The van der Waals surface area contributed by atoms with Crippen molar-refractivity contribution in [1.29, 1.82) is 0 Å². The highest BCUT2D eigenvalue weighted by atomic mass is 32.2. The van der Waals surface area contributed by atoms with Gasteiger partial charge in [-0.05, 0) is 32.7 Å². The largest absolute Gasteiger partial charge is 0.314 e. The Bertz CT molecular complexity index is 521. The van der Waals surface area contributed by atoms with Crippen molar-refractivity contribution in [2.75, 3.05) is 19.3 Å². The minimum absolute atomic E-state index is 0.221. The molecule has 7 heteroatoms. The van der Waals surface area contributed by atoms with E-state index in [-0.39, 0.29) is 5.75 Å². The van der Waals surface area contributed by atoms with Gasteiger partial charge in [-0.2, -0.15) is 4.31 Å². The molecule has 0 aromatic carbocycles. The molecule has 0 radical (unpaired) electrons. The van der Waals surface area contributed by atoms with Crippen LogP contribution in [0.15, 0.2) is 5.51 Å². The topological polar surface area (TPSA) is 62.3 Å². The van der Waals surface area contributed by atoms with E-state index in [0.29, 0.717) is 19.0 Å². The molecule has 1 N–H and O–H groups in total. The fourth-order valence-electron chi connectivity index (χ4n) is 2.40. The molecule has 0 aliphatic carbocycles. The first-order valence-corrected chi connectivity index (χ1v) is 9.54. The Kier molecular flexibility index (Phi) is 5.54. The number of aromatic nitrogens is 1. The highest BCUT2D eigenvalue weighted by molar-refractivity contribution is 7.89. The maximum Gasteiger partial charge on any atom is 0.214 e. The molecule has 2 heterocycles. The smallest absolute Gasteiger partial charge is 0.214 e. The predicted molar refractivity (Wildman–Crippen MR) is 82.4 cm³/mol. The molecule has 1 aromatic rings. The van der Waals surface area contributed by atoms with E-state index < -0.39 is 10.0 Å². The van der Waals surface area contributed by atoms with E-state index in [1.165, 1.54) is 28.5 Å². The Balaban J connectivity index is 1.87. The molecule has 0 spiro atoms. The van der Waals surface area contributed by atoms with E-state index in [1.54, 1.807) is 12.6 Å². The van der Waals surface area contributed by atoms with Gasteiger partial charge in [0.05, 0.1) is 17.0 Å². The van der Waals surface area contributed by atoms with Gasteiger partial charge < -0.3 is 5.32 Å². The number of hydrogen-bond acceptors (Lipinski definition) is 5. The first-order chi connectivity index (χ1) is 9.49. The maximum absolute atomic E-state index is 12.3. The summed E-state index contributed by atoms with van der Waals surface area (Å²) in [6, 6.07) is 0.358. The summed E-state index contributed by atoms with van der Waals surface area (Å²) >= 11 is 1.51. The highest BCUT2D eigenvalue weighted by Gasteiger charge is 2.22. The van der Waals surface area contributed by atoms with Crippen LogP contribution < -0.4 is 5.32 Å². The maximum atomic E-state index is 12.3. The van der Waals surface area contributed by atoms with Crippen LogP contribution in [0.1, 0.15) is 36.3 Å². The van der Waals surface area contributed by atoms with E-state index in [9.17, 15) is 8.42 Å². The third-order valence-corrected chi connectivity index (χ3v) is 6.57. The van der Waals surface area contributed by atoms with Crippen molar-refractivity contribution in [2.45, 2.75) is 45.2 Å². The number of thiazole rings is 1. The molecule has 0 saturated carbocycles. The minimum Gasteiger partial charge on any atom is -0.314 e. The molecule has 1 aliphatic rings. The van der Waals surface area contributed by atoms with Gasteiger partial charge in [0, 0.05) is 24.5 Å². The summed E-state index contributed by atoms with van der Waals surface area (Å²) in [5, 5.41) is 3.39. The van der Waals surface area contributed by atoms with Crippen molar-refractivity contribution in [3.8, 4) is 0 Å². The summed E-state index contributed by atoms with van der Waals surface area (Å²) in [5.74, 6) is 0.221. The van der Waals surface area contributed by atoms with Crippen LogP contribution in [0.4, 0.5) is 0 Å². The fraction of sp³-hybridized carbons (Fsp3) is 0.769. The van der Waals surface area contributed by atoms with Gasteiger partial charge in [0.25, 0.3) is 0 Å². The van der Waals surface area contributed by atoms with E-state index in [4.69, 9.17) is 0 Å². The number of nitrogens with zero attached hydrogens (tertiary/aromatic N) is 2. The van der Waals surface area contributed by atoms with Crippen LogP contribution in [0.25, 0.3) is 0 Å². The van der Waals surface area contributed by atoms with Crippen LogP contribution in [0.2, 0.25) is 0 Å². The Morgan fingerprint density at radius 2 is 2.30 bits per heavy atom. The van der Waals surface area contributed by atoms with E-state index in [0.717, 1.165) is 23.5 Å². The average Bonchev–Trinajstić information content (AvgIpc) is 2.83. The SMILES string of the molecule is Cc1ncsc1CN(C)S(=O)(=O)CCC1CCCCN1. The van der Waals surface area contributed by atoms with Crippen LogP contribution in [0, 0.1) is 6.92 Å². The highest BCUT2D eigenvalue weighted by Crippen LogP contribution is 2.17. The second-order valence-corrected chi connectivity index (χ2v) is 8.50. The van der Waals surface area contributed by atoms with Crippen molar-refractivity contribution in [3.63, 3.8) is 0 Å². The number of sulfonamides is 1. The summed E-state index contributed by atoms with van der Waals surface area (Å²) in [4.78, 5) is 5.18. The summed E-state index contributed by atoms with van der Waals surface area (Å²) in [6.07, 6.45) is 4.20. The summed E-state index contributed by atoms with van der Waals surface area (Å²) in [7, 11) is -1.52. The van der Waals surface area contributed by atoms with E-state index >= 15 is 0 Å². The molecule has 1 aromatic heterocycles. The Hall–Kier alpha value is -0.500. The summed E-state index contributed by atoms with van der Waals surface area (Å²) in [6.45, 7) is 3.36. The zero-order chi connectivity index (χ0) is 14.6. The average molecular weight is 317 g/mol. The Morgan fingerprint density at radius 1 is 1.50 bits per heavy atom. The van der Waals surface area contributed by atoms with Crippen LogP contribution in [0.5, 0.6) is 0 Å². The molecule has 0 bridgehead atoms. The van der Waals surface area contributed by atoms with Crippen molar-refractivity contribution in [3.05, 3.63) is 16.1 Å². The van der Waals surface area contributed by atoms with Crippen molar-refractivity contribution < 1.29 is 8.42 Å². The molecule has 1 fully saturated rings. The van der Waals surface area contributed by atoms with Gasteiger partial charge in [0.2, 0.25) is 10.0 Å². The van der Waals surface area contributed by atoms with Gasteiger partial charge in [-0.1, -0.05) is 6.42 Å². The van der Waals surface area contributed by atoms with Gasteiger partial charge in [-0.3, -0.25) is 0 Å². The quantitative estimate of drug-likeness (QED) is 0.868. The number of hydrogen-bond donors (Lipinski definition) is 1. The number of rotatable bonds is 6. The Morgan fingerprint density at radius 3 is 2.90 bits per heavy atom. The molecular formula is C13H23N3O2S2. The lowest BCUT2D eigenvalue weighted by Crippen LogP contribution is -2.37. The first kappa shape index (κ1) is 15.9. The van der Waals surface area contributed by atoms with Crippen LogP contribution in [-0.4, -0.2) is 43.1 Å². The van der Waals surface area contributed by atoms with Gasteiger partial charge >= 0.3 is 0 Å². The van der Waals surface area contributed by atoms with Crippen molar-refractivity contribution in [1.82, 2.24) is 14.6 Å². The number of aryl methyl sites for hydroxylation is 1. The zero-order valence-electron chi connectivity index (χ0n) is 12.1. The van der Waals surface area contributed by atoms with Crippen LogP contribution in [0.3, 0.4) is 0 Å². The standard InChI is InChI=1S/C13H23N3O2S2/c1-11-13(19-10-15-11)9-16(2)20(17,18)8-6-12-5-3-4-7-14-12/h10,12,14H,3-9H2,1-2H3. The zero-order valence-corrected chi connectivity index (χ0v) is 13.8. The summed E-state index contributed by atoms with van der Waals surface area (Å²) < 4.78 is 26.0. The summed E-state index contributed by atoms with van der Waals surface area (Å²) in [5.41, 5.74) is 2.68. The monoisotopic (exact) mass is 317 g/mol. The van der Waals surface area contributed by atoms with E-state index in [1.807, 2.05) is 6.92 Å². The molecule has 1 unspecified atom stereocenters. The molecule has 0 amide bonds. The Labute approximate surface area is 125 Å².